The summed E-state index contributed by atoms with van der Waals surface area (Å²) in [6.45, 7) is 1.75. The van der Waals surface area contributed by atoms with Gasteiger partial charge in [0.25, 0.3) is 0 Å². The van der Waals surface area contributed by atoms with Gasteiger partial charge in [-0.15, -0.1) is 11.3 Å². The van der Waals surface area contributed by atoms with Crippen molar-refractivity contribution in [3.05, 3.63) is 57.0 Å². The lowest BCUT2D eigenvalue weighted by molar-refractivity contribution is -0.383. The number of thiophene rings is 1. The molecule has 0 spiro atoms. The molecule has 0 aliphatic carbocycles. The Morgan fingerprint density at radius 1 is 1.38 bits per heavy atom. The predicted octanol–water partition coefficient (Wildman–Crippen LogP) is 3.19. The van der Waals surface area contributed by atoms with Crippen molar-refractivity contribution < 1.29 is 14.8 Å². The van der Waals surface area contributed by atoms with E-state index >= 15 is 0 Å². The van der Waals surface area contributed by atoms with Gasteiger partial charge in [-0.1, -0.05) is 30.3 Å². The lowest BCUT2D eigenvalue weighted by atomic mass is 10.1. The molecule has 8 heteroatoms. The van der Waals surface area contributed by atoms with Gasteiger partial charge in [-0.25, -0.2) is 4.79 Å². The summed E-state index contributed by atoms with van der Waals surface area (Å²) in [5.41, 5.74) is 3.76. The Labute approximate surface area is 123 Å². The van der Waals surface area contributed by atoms with E-state index in [0.29, 0.717) is 5.71 Å². The van der Waals surface area contributed by atoms with Crippen LogP contribution in [0.3, 0.4) is 0 Å². The molecule has 108 valence electrons. The summed E-state index contributed by atoms with van der Waals surface area (Å²) in [5.74, 6) is -1.21. The molecule has 1 aromatic carbocycles. The van der Waals surface area contributed by atoms with Crippen LogP contribution in [0.25, 0.3) is 0 Å². The summed E-state index contributed by atoms with van der Waals surface area (Å²) in [4.78, 5) is 21.0. The van der Waals surface area contributed by atoms with Crippen LogP contribution in [0.1, 0.15) is 22.2 Å². The van der Waals surface area contributed by atoms with Crippen molar-refractivity contribution in [2.24, 2.45) is 5.10 Å². The molecule has 0 atom stereocenters. The number of benzene rings is 1. The number of carboxylic acids is 1. The SMILES string of the molecule is C/C(=N\Nc1sc(C(=O)O)cc1[N+](=O)[O-])c1ccccc1. The van der Waals surface area contributed by atoms with E-state index in [9.17, 15) is 14.9 Å². The molecule has 2 aromatic rings. The zero-order valence-corrected chi connectivity index (χ0v) is 11.8. The quantitative estimate of drug-likeness (QED) is 0.501. The van der Waals surface area contributed by atoms with Crippen LogP contribution in [0.2, 0.25) is 0 Å². The minimum atomic E-state index is -1.21. The molecule has 1 heterocycles. The first-order valence-corrected chi connectivity index (χ1v) is 6.68. The Morgan fingerprint density at radius 2 is 2.05 bits per heavy atom. The van der Waals surface area contributed by atoms with Gasteiger partial charge in [0, 0.05) is 6.07 Å². The molecule has 2 N–H and O–H groups in total. The summed E-state index contributed by atoms with van der Waals surface area (Å²) >= 11 is 0.774. The standard InChI is InChI=1S/C13H11N3O4S/c1-8(9-5-3-2-4-6-9)14-15-12-10(16(19)20)7-11(21-12)13(17)18/h2-7,15H,1H3,(H,17,18)/b14-8+. The van der Waals surface area contributed by atoms with Gasteiger partial charge in [-0.2, -0.15) is 5.10 Å². The Morgan fingerprint density at radius 3 is 2.62 bits per heavy atom. The zero-order valence-electron chi connectivity index (χ0n) is 10.9. The third-order valence-electron chi connectivity index (χ3n) is 2.64. The Bertz CT molecular complexity index is 709. The number of nitrogens with zero attached hydrogens (tertiary/aromatic N) is 2. The van der Waals surface area contributed by atoms with Gasteiger partial charge in [0.15, 0.2) is 5.00 Å². The first-order chi connectivity index (χ1) is 9.99. The Kier molecular flexibility index (Phi) is 4.29. The van der Waals surface area contributed by atoms with Crippen molar-refractivity contribution in [1.29, 1.82) is 0 Å². The summed E-state index contributed by atoms with van der Waals surface area (Å²) in [7, 11) is 0. The van der Waals surface area contributed by atoms with Crippen molar-refractivity contribution in [2.45, 2.75) is 6.92 Å². The summed E-state index contributed by atoms with van der Waals surface area (Å²) in [6.07, 6.45) is 0. The van der Waals surface area contributed by atoms with Crippen LogP contribution in [0.15, 0.2) is 41.5 Å². The smallest absolute Gasteiger partial charge is 0.346 e. The minimum absolute atomic E-state index is 0.0904. The van der Waals surface area contributed by atoms with Crippen LogP contribution in [0.4, 0.5) is 10.7 Å². The topological polar surface area (TPSA) is 105 Å². The third kappa shape index (κ3) is 3.42. The average molecular weight is 305 g/mol. The van der Waals surface area contributed by atoms with Crippen LogP contribution in [-0.4, -0.2) is 21.7 Å². The van der Waals surface area contributed by atoms with E-state index in [0.717, 1.165) is 23.0 Å². The molecule has 0 saturated carbocycles. The molecule has 0 saturated heterocycles. The molecule has 0 aliphatic heterocycles. The second-order valence-corrected chi connectivity index (χ2v) is 5.11. The molecule has 0 aliphatic rings. The van der Waals surface area contributed by atoms with Crippen LogP contribution >= 0.6 is 11.3 Å². The van der Waals surface area contributed by atoms with E-state index in [2.05, 4.69) is 10.5 Å². The highest BCUT2D eigenvalue weighted by Crippen LogP contribution is 2.34. The van der Waals surface area contributed by atoms with Gasteiger partial charge in [-0.05, 0) is 12.5 Å². The van der Waals surface area contributed by atoms with Gasteiger partial charge in [0.05, 0.1) is 10.6 Å². The second kappa shape index (κ2) is 6.14. The molecule has 21 heavy (non-hydrogen) atoms. The van der Waals surface area contributed by atoms with E-state index < -0.39 is 10.9 Å². The number of anilines is 1. The van der Waals surface area contributed by atoms with E-state index in [1.807, 2.05) is 30.3 Å². The maximum absolute atomic E-state index is 10.9. The largest absolute Gasteiger partial charge is 0.477 e. The van der Waals surface area contributed by atoms with Gasteiger partial charge < -0.3 is 5.11 Å². The maximum atomic E-state index is 10.9. The van der Waals surface area contributed by atoms with Crippen molar-refractivity contribution in [2.75, 3.05) is 5.43 Å². The summed E-state index contributed by atoms with van der Waals surface area (Å²) < 4.78 is 0. The van der Waals surface area contributed by atoms with Crippen molar-refractivity contribution in [3.63, 3.8) is 0 Å². The predicted molar refractivity (Wildman–Crippen MR) is 80.2 cm³/mol. The van der Waals surface area contributed by atoms with E-state index in [1.165, 1.54) is 0 Å². The number of nitro groups is 1. The van der Waals surface area contributed by atoms with Crippen LogP contribution < -0.4 is 5.43 Å². The van der Waals surface area contributed by atoms with E-state index in [-0.39, 0.29) is 15.6 Å². The molecule has 1 aromatic heterocycles. The summed E-state index contributed by atoms with van der Waals surface area (Å²) in [5, 5.41) is 23.9. The lowest BCUT2D eigenvalue weighted by Crippen LogP contribution is -1.99. The fourth-order valence-electron chi connectivity index (χ4n) is 1.58. The fourth-order valence-corrected chi connectivity index (χ4v) is 2.39. The van der Waals surface area contributed by atoms with E-state index in [4.69, 9.17) is 5.11 Å². The molecule has 2 rings (SSSR count). The van der Waals surface area contributed by atoms with E-state index in [1.54, 1.807) is 6.92 Å². The van der Waals surface area contributed by atoms with Crippen LogP contribution in [0.5, 0.6) is 0 Å². The second-order valence-electron chi connectivity index (χ2n) is 4.06. The molecule has 7 nitrogen and oxygen atoms in total. The lowest BCUT2D eigenvalue weighted by Gasteiger charge is -2.01. The number of hydrogen-bond acceptors (Lipinski definition) is 6. The van der Waals surface area contributed by atoms with Crippen molar-refractivity contribution >= 4 is 33.7 Å². The molecule has 0 fully saturated rings. The van der Waals surface area contributed by atoms with Gasteiger partial charge in [-0.3, -0.25) is 15.5 Å². The third-order valence-corrected chi connectivity index (χ3v) is 3.65. The van der Waals surface area contributed by atoms with Gasteiger partial charge in [0.1, 0.15) is 4.88 Å². The average Bonchev–Trinajstić information content (AvgIpc) is 2.90. The molecule has 0 radical (unpaired) electrons. The number of hydrazone groups is 1. The van der Waals surface area contributed by atoms with Crippen molar-refractivity contribution in [1.82, 2.24) is 0 Å². The maximum Gasteiger partial charge on any atom is 0.346 e. The summed E-state index contributed by atoms with van der Waals surface area (Å²) in [6, 6.07) is 10.3. The number of hydrogen-bond donors (Lipinski definition) is 2. The molecule has 0 bridgehead atoms. The minimum Gasteiger partial charge on any atom is -0.477 e. The highest BCUT2D eigenvalue weighted by molar-refractivity contribution is 7.18. The van der Waals surface area contributed by atoms with Crippen LogP contribution in [0, 0.1) is 10.1 Å². The number of rotatable bonds is 5. The fraction of sp³-hybridized carbons (Fsp3) is 0.0769. The number of carboxylic acid groups (broad SMARTS) is 1. The first-order valence-electron chi connectivity index (χ1n) is 5.86. The normalized spacial score (nSPS) is 11.2. The molecular weight excluding hydrogens is 294 g/mol. The van der Waals surface area contributed by atoms with Crippen LogP contribution in [-0.2, 0) is 0 Å². The highest BCUT2D eigenvalue weighted by Gasteiger charge is 2.22. The monoisotopic (exact) mass is 305 g/mol. The molecule has 0 amide bonds. The number of nitrogens with one attached hydrogen (secondary N) is 1. The zero-order chi connectivity index (χ0) is 15.4. The van der Waals surface area contributed by atoms with Gasteiger partial charge in [0.2, 0.25) is 0 Å². The number of aromatic carboxylic acids is 1. The first kappa shape index (κ1) is 14.7. The number of carbonyl (C=O) groups is 1. The Balaban J connectivity index is 2.27. The van der Waals surface area contributed by atoms with Crippen molar-refractivity contribution in [3.8, 4) is 0 Å². The highest BCUT2D eigenvalue weighted by atomic mass is 32.1. The Hall–Kier alpha value is -2.74. The molecule has 0 unspecified atom stereocenters. The van der Waals surface area contributed by atoms with Gasteiger partial charge >= 0.3 is 11.7 Å². The molecular formula is C13H11N3O4S.